The number of hydrogen-bond donors (Lipinski definition) is 0. The molecule has 1 atom stereocenters. The van der Waals surface area contributed by atoms with Gasteiger partial charge in [-0.1, -0.05) is 45.4 Å². The van der Waals surface area contributed by atoms with Crippen molar-refractivity contribution in [1.82, 2.24) is 4.98 Å². The van der Waals surface area contributed by atoms with E-state index < -0.39 is 11.7 Å². The molecule has 1 heterocycles. The lowest BCUT2D eigenvalue weighted by molar-refractivity contribution is -0.137. The molecule has 1 nitrogen and oxygen atoms in total. The lowest BCUT2D eigenvalue weighted by Gasteiger charge is -2.18. The summed E-state index contributed by atoms with van der Waals surface area (Å²) >= 11 is 0. The fourth-order valence-corrected chi connectivity index (χ4v) is 3.00. The molecule has 0 saturated carbocycles. The Bertz CT molecular complexity index is 705. The minimum Gasteiger partial charge on any atom is -0.261 e. The molecule has 0 radical (unpaired) electrons. The van der Waals surface area contributed by atoms with Gasteiger partial charge in [-0.2, -0.15) is 13.2 Å². The zero-order chi connectivity index (χ0) is 17.9. The predicted octanol–water partition coefficient (Wildman–Crippen LogP) is 6.23. The number of aromatic nitrogens is 1. The second kappa shape index (κ2) is 7.37. The fourth-order valence-electron chi connectivity index (χ4n) is 3.00. The van der Waals surface area contributed by atoms with E-state index in [0.29, 0.717) is 17.2 Å². The molecule has 1 aromatic carbocycles. The normalized spacial score (nSPS) is 13.1. The predicted molar refractivity (Wildman–Crippen MR) is 91.9 cm³/mol. The van der Waals surface area contributed by atoms with Gasteiger partial charge in [0.15, 0.2) is 0 Å². The molecule has 130 valence electrons. The van der Waals surface area contributed by atoms with Gasteiger partial charge < -0.3 is 0 Å². The van der Waals surface area contributed by atoms with Crippen molar-refractivity contribution in [2.75, 3.05) is 0 Å². The summed E-state index contributed by atoms with van der Waals surface area (Å²) in [5, 5.41) is 0. The van der Waals surface area contributed by atoms with E-state index in [1.807, 2.05) is 19.1 Å². The highest BCUT2D eigenvalue weighted by molar-refractivity contribution is 5.71. The molecular weight excluding hydrogens is 311 g/mol. The molecule has 4 heteroatoms. The highest BCUT2D eigenvalue weighted by Crippen LogP contribution is 2.38. The first-order valence-electron chi connectivity index (χ1n) is 8.42. The first-order valence-corrected chi connectivity index (χ1v) is 8.42. The Labute approximate surface area is 141 Å². The zero-order valence-electron chi connectivity index (χ0n) is 14.7. The number of hydrogen-bond acceptors (Lipinski definition) is 1. The smallest absolute Gasteiger partial charge is 0.261 e. The fraction of sp³-hybridized carbons (Fsp3) is 0.450. The van der Waals surface area contributed by atoms with Crippen LogP contribution in [0.4, 0.5) is 13.2 Å². The maximum Gasteiger partial charge on any atom is 0.417 e. The number of nitrogens with zero attached hydrogens (tertiary/aromatic N) is 1. The van der Waals surface area contributed by atoms with Crippen LogP contribution in [0.1, 0.15) is 49.6 Å². The molecule has 24 heavy (non-hydrogen) atoms. The number of halogens is 3. The van der Waals surface area contributed by atoms with Crippen LogP contribution >= 0.6 is 0 Å². The standard InChI is InChI=1S/C20H24F3N/c1-5-13(3)11-16-7-8-17(12-15(16)6-2)19-14(4)24-10-9-18(19)20(21,22)23/h7-10,12-13H,5-6,11H2,1-4H3. The van der Waals surface area contributed by atoms with E-state index >= 15 is 0 Å². The molecule has 0 aliphatic carbocycles. The Kier molecular flexibility index (Phi) is 5.68. The van der Waals surface area contributed by atoms with Crippen LogP contribution in [0.2, 0.25) is 0 Å². The molecule has 0 amide bonds. The Morgan fingerprint density at radius 1 is 1.08 bits per heavy atom. The zero-order valence-corrected chi connectivity index (χ0v) is 14.7. The summed E-state index contributed by atoms with van der Waals surface area (Å²) in [6.45, 7) is 8.02. The van der Waals surface area contributed by atoms with Crippen molar-refractivity contribution in [3.8, 4) is 11.1 Å². The molecule has 0 saturated heterocycles. The summed E-state index contributed by atoms with van der Waals surface area (Å²) in [6.07, 6.45) is -0.312. The van der Waals surface area contributed by atoms with Gasteiger partial charge in [0.25, 0.3) is 0 Å². The third-order valence-corrected chi connectivity index (χ3v) is 4.59. The third kappa shape index (κ3) is 3.97. The molecule has 0 fully saturated rings. The van der Waals surface area contributed by atoms with E-state index in [4.69, 9.17) is 0 Å². The van der Waals surface area contributed by atoms with Crippen LogP contribution in [0.5, 0.6) is 0 Å². The maximum atomic E-state index is 13.4. The summed E-state index contributed by atoms with van der Waals surface area (Å²) in [5.41, 5.74) is 2.91. The average molecular weight is 335 g/mol. The topological polar surface area (TPSA) is 12.9 Å². The summed E-state index contributed by atoms with van der Waals surface area (Å²) < 4.78 is 40.1. The van der Waals surface area contributed by atoms with Gasteiger partial charge in [-0.05, 0) is 48.4 Å². The molecule has 0 bridgehead atoms. The Hall–Kier alpha value is -1.84. The Morgan fingerprint density at radius 2 is 1.79 bits per heavy atom. The summed E-state index contributed by atoms with van der Waals surface area (Å²) in [7, 11) is 0. The van der Waals surface area contributed by atoms with Gasteiger partial charge in [-0.3, -0.25) is 4.98 Å². The summed E-state index contributed by atoms with van der Waals surface area (Å²) in [6, 6.07) is 6.74. The van der Waals surface area contributed by atoms with Crippen molar-refractivity contribution in [2.45, 2.75) is 53.1 Å². The number of benzene rings is 1. The Morgan fingerprint density at radius 3 is 2.38 bits per heavy atom. The first-order chi connectivity index (χ1) is 11.3. The van der Waals surface area contributed by atoms with Crippen LogP contribution in [0.15, 0.2) is 30.5 Å². The molecule has 0 spiro atoms. The largest absolute Gasteiger partial charge is 0.417 e. The van der Waals surface area contributed by atoms with E-state index in [1.165, 1.54) is 11.8 Å². The van der Waals surface area contributed by atoms with Crippen LogP contribution < -0.4 is 0 Å². The van der Waals surface area contributed by atoms with Gasteiger partial charge in [0.2, 0.25) is 0 Å². The molecule has 0 aliphatic rings. The monoisotopic (exact) mass is 335 g/mol. The van der Waals surface area contributed by atoms with Crippen LogP contribution in [0, 0.1) is 12.8 Å². The third-order valence-electron chi connectivity index (χ3n) is 4.59. The van der Waals surface area contributed by atoms with Crippen molar-refractivity contribution in [1.29, 1.82) is 0 Å². The minimum atomic E-state index is -4.38. The van der Waals surface area contributed by atoms with Crippen molar-refractivity contribution in [2.24, 2.45) is 5.92 Å². The van der Waals surface area contributed by atoms with Crippen LogP contribution in [-0.4, -0.2) is 4.98 Å². The van der Waals surface area contributed by atoms with E-state index in [0.717, 1.165) is 30.9 Å². The lowest BCUT2D eigenvalue weighted by Crippen LogP contribution is -2.09. The van der Waals surface area contributed by atoms with Gasteiger partial charge in [-0.25, -0.2) is 0 Å². The molecule has 2 rings (SSSR count). The molecule has 0 N–H and O–H groups in total. The molecule has 1 unspecified atom stereocenters. The van der Waals surface area contributed by atoms with Gasteiger partial charge >= 0.3 is 6.18 Å². The lowest BCUT2D eigenvalue weighted by atomic mass is 9.90. The van der Waals surface area contributed by atoms with E-state index in [2.05, 4.69) is 18.8 Å². The molecule has 2 aromatic rings. The number of pyridine rings is 1. The highest BCUT2D eigenvalue weighted by atomic mass is 19.4. The SMILES string of the molecule is CCc1cc(-c2c(C(F)(F)F)ccnc2C)ccc1CC(C)CC. The van der Waals surface area contributed by atoms with Crippen LogP contribution in [0.3, 0.4) is 0 Å². The van der Waals surface area contributed by atoms with Gasteiger partial charge in [-0.15, -0.1) is 0 Å². The Balaban J connectivity index is 2.55. The first kappa shape index (κ1) is 18.5. The summed E-state index contributed by atoms with van der Waals surface area (Å²) in [4.78, 5) is 4.07. The number of rotatable bonds is 5. The van der Waals surface area contributed by atoms with Gasteiger partial charge in [0, 0.05) is 17.5 Å². The molecule has 0 aliphatic heterocycles. The van der Waals surface area contributed by atoms with E-state index in [9.17, 15) is 13.2 Å². The quantitative estimate of drug-likeness (QED) is 0.631. The van der Waals surface area contributed by atoms with Crippen LogP contribution in [0.25, 0.3) is 11.1 Å². The van der Waals surface area contributed by atoms with E-state index in [1.54, 1.807) is 13.0 Å². The second-order valence-corrected chi connectivity index (χ2v) is 6.37. The van der Waals surface area contributed by atoms with Crippen LogP contribution in [-0.2, 0) is 19.0 Å². The van der Waals surface area contributed by atoms with Crippen molar-refractivity contribution in [3.63, 3.8) is 0 Å². The summed E-state index contributed by atoms with van der Waals surface area (Å²) in [5.74, 6) is 0.562. The highest BCUT2D eigenvalue weighted by Gasteiger charge is 2.34. The van der Waals surface area contributed by atoms with Gasteiger partial charge in [0.05, 0.1) is 5.56 Å². The molecule has 1 aromatic heterocycles. The minimum absolute atomic E-state index is 0.190. The number of alkyl halides is 3. The van der Waals surface area contributed by atoms with Crippen molar-refractivity contribution >= 4 is 0 Å². The second-order valence-electron chi connectivity index (χ2n) is 6.37. The maximum absolute atomic E-state index is 13.4. The van der Waals surface area contributed by atoms with Crippen molar-refractivity contribution in [3.05, 3.63) is 52.8 Å². The van der Waals surface area contributed by atoms with Gasteiger partial charge in [0.1, 0.15) is 0 Å². The van der Waals surface area contributed by atoms with E-state index in [-0.39, 0.29) is 5.56 Å². The van der Waals surface area contributed by atoms with Crippen molar-refractivity contribution < 1.29 is 13.2 Å². The average Bonchev–Trinajstić information content (AvgIpc) is 2.54. The number of aryl methyl sites for hydroxylation is 2. The molecular formula is C20H24F3N.